The van der Waals surface area contributed by atoms with Gasteiger partial charge in [-0.3, -0.25) is 9.59 Å². The van der Waals surface area contributed by atoms with E-state index in [4.69, 9.17) is 9.47 Å². The molecule has 4 rings (SSSR count). The number of nitrogens with one attached hydrogen (secondary N) is 1. The second kappa shape index (κ2) is 12.7. The molecule has 0 aromatic heterocycles. The summed E-state index contributed by atoms with van der Waals surface area (Å²) in [5.41, 5.74) is 0.526. The molecule has 1 heterocycles. The summed E-state index contributed by atoms with van der Waals surface area (Å²) in [7, 11) is 1.42. The van der Waals surface area contributed by atoms with E-state index in [-0.39, 0.29) is 11.5 Å². The largest absolute Gasteiger partial charge is 0.467 e. The molecule has 0 bridgehead atoms. The van der Waals surface area contributed by atoms with Crippen molar-refractivity contribution in [2.24, 2.45) is 0 Å². The summed E-state index contributed by atoms with van der Waals surface area (Å²) in [5, 5.41) is 5.54. The van der Waals surface area contributed by atoms with Gasteiger partial charge in [0.15, 0.2) is 0 Å². The van der Waals surface area contributed by atoms with Crippen molar-refractivity contribution in [2.45, 2.75) is 31.8 Å². The summed E-state index contributed by atoms with van der Waals surface area (Å²) in [6, 6.07) is 23.4. The third-order valence-electron chi connectivity index (χ3n) is 6.60. The van der Waals surface area contributed by atoms with Gasteiger partial charge in [0.1, 0.15) is 12.1 Å². The van der Waals surface area contributed by atoms with E-state index < -0.39 is 37.9 Å². The number of methoxy groups -OCH3 is 2. The molecule has 0 saturated carbocycles. The predicted octanol–water partition coefficient (Wildman–Crippen LogP) is 2.51. The number of carbonyl (C=O) groups excluding carboxylic acids is 4. The highest BCUT2D eigenvalue weighted by molar-refractivity contribution is 7.79. The highest BCUT2D eigenvalue weighted by Gasteiger charge is 2.36. The first kappa shape index (κ1) is 28.0. The Balaban J connectivity index is 1.83. The minimum atomic E-state index is -1.14. The number of benzene rings is 3. The van der Waals surface area contributed by atoms with Gasteiger partial charge in [-0.2, -0.15) is 0 Å². The van der Waals surface area contributed by atoms with Crippen molar-refractivity contribution in [1.82, 2.24) is 10.2 Å². The second-order valence-corrected chi connectivity index (χ2v) is 11.4. The molecule has 0 aliphatic carbocycles. The van der Waals surface area contributed by atoms with Gasteiger partial charge in [-0.15, -0.1) is 0 Å². The Morgan fingerprint density at radius 2 is 1.44 bits per heavy atom. The molecule has 1 aliphatic rings. The Morgan fingerprint density at radius 1 is 0.846 bits per heavy atom. The van der Waals surface area contributed by atoms with Gasteiger partial charge >= 0.3 is 11.9 Å². The number of hydrogen-bond acceptors (Lipinski definition) is 6. The summed E-state index contributed by atoms with van der Waals surface area (Å²) >= 11 is 0. The van der Waals surface area contributed by atoms with Crippen molar-refractivity contribution >= 4 is 47.6 Å². The minimum Gasteiger partial charge on any atom is -0.467 e. The molecule has 9 heteroatoms. The molecule has 1 saturated heterocycles. The molecule has 3 aromatic rings. The predicted molar refractivity (Wildman–Crippen MR) is 150 cm³/mol. The number of carbonyl (C=O) groups is 4. The third kappa shape index (κ3) is 6.35. The van der Waals surface area contributed by atoms with E-state index in [1.54, 1.807) is 12.1 Å². The lowest BCUT2D eigenvalue weighted by atomic mass is 10.1. The van der Waals surface area contributed by atoms with Crippen LogP contribution in [0.4, 0.5) is 0 Å². The van der Waals surface area contributed by atoms with Crippen LogP contribution in [0, 0.1) is 0 Å². The van der Waals surface area contributed by atoms with E-state index in [1.807, 2.05) is 60.7 Å². The average molecular weight is 547 g/mol. The van der Waals surface area contributed by atoms with Crippen molar-refractivity contribution in [3.63, 3.8) is 0 Å². The zero-order valence-corrected chi connectivity index (χ0v) is 23.0. The Labute approximate surface area is 229 Å². The molecule has 39 heavy (non-hydrogen) atoms. The van der Waals surface area contributed by atoms with Crippen LogP contribution in [0.3, 0.4) is 0 Å². The lowest BCUT2D eigenvalue weighted by molar-refractivity contribution is -0.145. The first-order valence-corrected chi connectivity index (χ1v) is 14.0. The fourth-order valence-corrected chi connectivity index (χ4v) is 7.04. The summed E-state index contributed by atoms with van der Waals surface area (Å²) < 4.78 is 9.67. The Kier molecular flexibility index (Phi) is 9.10. The van der Waals surface area contributed by atoms with Gasteiger partial charge in [0.25, 0.3) is 11.8 Å². The van der Waals surface area contributed by atoms with E-state index in [9.17, 15) is 19.2 Å². The molecule has 3 aromatic carbocycles. The van der Waals surface area contributed by atoms with Crippen LogP contribution in [0.1, 0.15) is 40.5 Å². The van der Waals surface area contributed by atoms with Gasteiger partial charge in [-0.1, -0.05) is 60.7 Å². The van der Waals surface area contributed by atoms with E-state index in [0.717, 1.165) is 15.9 Å². The summed E-state index contributed by atoms with van der Waals surface area (Å²) in [5.74, 6) is -1.90. The maximum atomic E-state index is 13.8. The van der Waals surface area contributed by atoms with Crippen molar-refractivity contribution in [3.05, 3.63) is 90.0 Å². The van der Waals surface area contributed by atoms with Crippen LogP contribution in [-0.4, -0.2) is 61.5 Å². The standard InChI is InChI=1S/C30H31N2O6P/c1-20(29(35)37-2)31-27(33)21-17-22(28(34)32-16-10-15-26(32)30(36)38-3)19-25(18-21)39(23-11-6-4-7-12-23)24-13-8-5-9-14-24/h4-9,11-14,17-20,26H,10,15-16H2,1-3H3,(H,31,33)/t20-,26-/m0/s1. The van der Waals surface area contributed by atoms with Crippen LogP contribution < -0.4 is 21.2 Å². The number of esters is 2. The number of hydrogen-bond donors (Lipinski definition) is 1. The number of amides is 2. The van der Waals surface area contributed by atoms with E-state index in [0.29, 0.717) is 24.9 Å². The molecule has 202 valence electrons. The molecule has 1 aliphatic heterocycles. The SMILES string of the molecule is COC(=O)[C@H](C)NC(=O)c1cc(C(=O)N2CCC[C@H]2C(=O)OC)cc(P(c2ccccc2)c2ccccc2)c1. The van der Waals surface area contributed by atoms with Crippen LogP contribution >= 0.6 is 7.92 Å². The monoisotopic (exact) mass is 546 g/mol. The van der Waals surface area contributed by atoms with Crippen molar-refractivity contribution < 1.29 is 28.7 Å². The van der Waals surface area contributed by atoms with Gasteiger partial charge in [0.05, 0.1) is 14.2 Å². The number of nitrogens with zero attached hydrogens (tertiary/aromatic N) is 1. The van der Waals surface area contributed by atoms with Crippen LogP contribution in [0.5, 0.6) is 0 Å². The summed E-state index contributed by atoms with van der Waals surface area (Å²) in [6.07, 6.45) is 1.19. The summed E-state index contributed by atoms with van der Waals surface area (Å²) in [6.45, 7) is 1.95. The lowest BCUT2D eigenvalue weighted by Crippen LogP contribution is -2.42. The fourth-order valence-electron chi connectivity index (χ4n) is 4.67. The topological polar surface area (TPSA) is 102 Å². The normalized spacial score (nSPS) is 15.5. The molecule has 0 spiro atoms. The molecule has 2 amide bonds. The fraction of sp³-hybridized carbons (Fsp3) is 0.267. The van der Waals surface area contributed by atoms with E-state index in [2.05, 4.69) is 5.32 Å². The molecule has 1 N–H and O–H groups in total. The first-order valence-electron chi connectivity index (χ1n) is 12.7. The van der Waals surface area contributed by atoms with Crippen LogP contribution in [0.15, 0.2) is 78.9 Å². The minimum absolute atomic E-state index is 0.236. The number of ether oxygens (including phenoxy) is 2. The summed E-state index contributed by atoms with van der Waals surface area (Å²) in [4.78, 5) is 53.0. The third-order valence-corrected chi connectivity index (χ3v) is 9.01. The van der Waals surface area contributed by atoms with E-state index >= 15 is 0 Å². The van der Waals surface area contributed by atoms with Crippen molar-refractivity contribution in [1.29, 1.82) is 0 Å². The van der Waals surface area contributed by atoms with Crippen LogP contribution in [-0.2, 0) is 19.1 Å². The molecule has 0 unspecified atom stereocenters. The zero-order valence-electron chi connectivity index (χ0n) is 22.1. The van der Waals surface area contributed by atoms with Crippen LogP contribution in [0.25, 0.3) is 0 Å². The Bertz CT molecular complexity index is 1310. The highest BCUT2D eigenvalue weighted by Crippen LogP contribution is 2.34. The smallest absolute Gasteiger partial charge is 0.328 e. The molecule has 8 nitrogen and oxygen atoms in total. The Hall–Kier alpha value is -4.03. The number of likely N-dealkylation sites (tertiary alicyclic amines) is 1. The molecular weight excluding hydrogens is 515 g/mol. The molecule has 0 radical (unpaired) electrons. The van der Waals surface area contributed by atoms with Gasteiger partial charge < -0.3 is 19.7 Å². The molecular formula is C30H31N2O6P. The van der Waals surface area contributed by atoms with Crippen molar-refractivity contribution in [2.75, 3.05) is 20.8 Å². The highest BCUT2D eigenvalue weighted by atomic mass is 31.1. The maximum absolute atomic E-state index is 13.8. The quantitative estimate of drug-likeness (QED) is 0.344. The van der Waals surface area contributed by atoms with Gasteiger partial charge in [0.2, 0.25) is 0 Å². The van der Waals surface area contributed by atoms with E-state index in [1.165, 1.54) is 32.1 Å². The van der Waals surface area contributed by atoms with Crippen LogP contribution in [0.2, 0.25) is 0 Å². The molecule has 1 fully saturated rings. The first-order chi connectivity index (χ1) is 18.8. The van der Waals surface area contributed by atoms with Gasteiger partial charge in [-0.25, -0.2) is 9.59 Å². The Morgan fingerprint density at radius 3 is 2.00 bits per heavy atom. The van der Waals surface area contributed by atoms with Gasteiger partial charge in [0, 0.05) is 17.7 Å². The lowest BCUT2D eigenvalue weighted by Gasteiger charge is -2.25. The molecule has 2 atom stereocenters. The maximum Gasteiger partial charge on any atom is 0.328 e. The van der Waals surface area contributed by atoms with Crippen molar-refractivity contribution in [3.8, 4) is 0 Å². The second-order valence-electron chi connectivity index (χ2n) is 9.17. The zero-order chi connectivity index (χ0) is 27.9. The van der Waals surface area contributed by atoms with Gasteiger partial charge in [-0.05, 0) is 61.8 Å². The number of rotatable bonds is 8. The average Bonchev–Trinajstić information content (AvgIpc) is 3.47.